The third-order valence-electron chi connectivity index (χ3n) is 11.3. The van der Waals surface area contributed by atoms with Crippen molar-refractivity contribution >= 4 is 90.9 Å². The van der Waals surface area contributed by atoms with Gasteiger partial charge in [-0.15, -0.1) is 22.7 Å². The molecule has 0 unspecified atom stereocenters. The summed E-state index contributed by atoms with van der Waals surface area (Å²) in [6, 6.07) is 61.3. The summed E-state index contributed by atoms with van der Waals surface area (Å²) in [7, 11) is 0. The minimum atomic E-state index is -0.113. The van der Waals surface area contributed by atoms with Crippen LogP contribution >= 0.6 is 22.7 Å². The molecule has 0 fully saturated rings. The quantitative estimate of drug-likeness (QED) is 0.177. The van der Waals surface area contributed by atoms with Gasteiger partial charge in [0.05, 0.1) is 5.69 Å². The summed E-state index contributed by atoms with van der Waals surface area (Å²) in [5, 5.41) is 7.72. The summed E-state index contributed by atoms with van der Waals surface area (Å²) in [6.07, 6.45) is 0. The molecule has 1 aliphatic carbocycles. The lowest BCUT2D eigenvalue weighted by Crippen LogP contribution is -2.17. The molecule has 11 rings (SSSR count). The number of benzene rings is 8. The predicted molar refractivity (Wildman–Crippen MR) is 227 cm³/mol. The van der Waals surface area contributed by atoms with Gasteiger partial charge in [0.1, 0.15) is 0 Å². The van der Waals surface area contributed by atoms with Crippen LogP contribution in [0.5, 0.6) is 0 Å². The van der Waals surface area contributed by atoms with Crippen LogP contribution in [0.1, 0.15) is 25.0 Å². The Morgan fingerprint density at radius 1 is 0.423 bits per heavy atom. The van der Waals surface area contributed by atoms with Gasteiger partial charge < -0.3 is 4.90 Å². The van der Waals surface area contributed by atoms with E-state index in [1.807, 2.05) is 22.7 Å². The minimum Gasteiger partial charge on any atom is -0.310 e. The number of fused-ring (bicyclic) bond motifs is 10. The van der Waals surface area contributed by atoms with Crippen LogP contribution < -0.4 is 4.90 Å². The molecule has 0 amide bonds. The summed E-state index contributed by atoms with van der Waals surface area (Å²) in [5.41, 5.74) is 11.3. The molecule has 0 radical (unpaired) electrons. The van der Waals surface area contributed by atoms with Crippen LogP contribution in [0.15, 0.2) is 164 Å². The number of hydrogen-bond donors (Lipinski definition) is 0. The van der Waals surface area contributed by atoms with Crippen LogP contribution in [0.25, 0.3) is 73.4 Å². The largest absolute Gasteiger partial charge is 0.310 e. The van der Waals surface area contributed by atoms with E-state index >= 15 is 0 Å². The van der Waals surface area contributed by atoms with Gasteiger partial charge in [-0.05, 0) is 99.3 Å². The van der Waals surface area contributed by atoms with Gasteiger partial charge in [-0.3, -0.25) is 0 Å². The van der Waals surface area contributed by atoms with Crippen LogP contribution in [0.2, 0.25) is 0 Å². The Morgan fingerprint density at radius 2 is 1.00 bits per heavy atom. The van der Waals surface area contributed by atoms with E-state index in [-0.39, 0.29) is 5.41 Å². The Balaban J connectivity index is 1.21. The molecule has 1 aliphatic rings. The molecule has 8 aromatic carbocycles. The van der Waals surface area contributed by atoms with Gasteiger partial charge in [0.15, 0.2) is 0 Å². The lowest BCUT2D eigenvalue weighted by molar-refractivity contribution is 0.660. The average Bonchev–Trinajstić information content (AvgIpc) is 3.82. The molecule has 0 saturated heterocycles. The summed E-state index contributed by atoms with van der Waals surface area (Å²) in [4.78, 5) is 2.52. The lowest BCUT2D eigenvalue weighted by atomic mass is 9.82. The highest BCUT2D eigenvalue weighted by molar-refractivity contribution is 7.26. The number of anilines is 3. The van der Waals surface area contributed by atoms with Crippen LogP contribution in [0.3, 0.4) is 0 Å². The number of nitrogens with zero attached hydrogens (tertiary/aromatic N) is 1. The predicted octanol–water partition coefficient (Wildman–Crippen LogP) is 15.0. The Labute approximate surface area is 310 Å². The van der Waals surface area contributed by atoms with Gasteiger partial charge in [0.2, 0.25) is 0 Å². The molecule has 0 N–H and O–H groups in total. The van der Waals surface area contributed by atoms with Crippen LogP contribution in [-0.2, 0) is 5.41 Å². The number of thiophene rings is 2. The van der Waals surface area contributed by atoms with Gasteiger partial charge in [-0.1, -0.05) is 117 Å². The first kappa shape index (κ1) is 29.9. The van der Waals surface area contributed by atoms with Crippen molar-refractivity contribution in [3.8, 4) is 22.3 Å². The van der Waals surface area contributed by atoms with Crippen molar-refractivity contribution in [3.63, 3.8) is 0 Å². The second kappa shape index (κ2) is 11.1. The molecule has 52 heavy (non-hydrogen) atoms. The molecule has 0 saturated carbocycles. The van der Waals surface area contributed by atoms with Crippen molar-refractivity contribution in [3.05, 3.63) is 175 Å². The van der Waals surface area contributed by atoms with E-state index in [9.17, 15) is 0 Å². The van der Waals surface area contributed by atoms with Crippen LogP contribution in [0.4, 0.5) is 17.1 Å². The first-order valence-electron chi connectivity index (χ1n) is 17.9. The number of rotatable bonds is 4. The molecule has 2 heterocycles. The summed E-state index contributed by atoms with van der Waals surface area (Å²) >= 11 is 3.74. The minimum absolute atomic E-state index is 0.113. The zero-order valence-corrected chi connectivity index (χ0v) is 30.5. The van der Waals surface area contributed by atoms with Crippen molar-refractivity contribution < 1.29 is 0 Å². The fourth-order valence-electron chi connectivity index (χ4n) is 8.74. The van der Waals surface area contributed by atoms with E-state index in [0.29, 0.717) is 0 Å². The Kier molecular flexibility index (Phi) is 6.41. The van der Waals surface area contributed by atoms with E-state index in [1.54, 1.807) is 0 Å². The van der Waals surface area contributed by atoms with E-state index < -0.39 is 0 Å². The van der Waals surface area contributed by atoms with Crippen LogP contribution in [0, 0.1) is 0 Å². The maximum atomic E-state index is 2.52. The molecular formula is C49H33NS2. The topological polar surface area (TPSA) is 3.24 Å². The first-order valence-corrected chi connectivity index (χ1v) is 19.6. The van der Waals surface area contributed by atoms with Crippen molar-refractivity contribution in [2.75, 3.05) is 4.90 Å². The van der Waals surface area contributed by atoms with Crippen LogP contribution in [-0.4, -0.2) is 0 Å². The highest BCUT2D eigenvalue weighted by Gasteiger charge is 2.36. The molecule has 0 atom stereocenters. The SMILES string of the molecule is CC1(C)c2ccccc2-c2ccc(N(c3ccc4sc5ccccc5c4c3)c3ccc4ccccc4c3-c3ccc4sc5ccccc5c4c3)cc21. The summed E-state index contributed by atoms with van der Waals surface area (Å²) in [5.74, 6) is 0. The zero-order chi connectivity index (χ0) is 34.6. The number of hydrogen-bond acceptors (Lipinski definition) is 3. The second-order valence-electron chi connectivity index (χ2n) is 14.5. The van der Waals surface area contributed by atoms with Gasteiger partial charge in [0.25, 0.3) is 0 Å². The Bertz CT molecular complexity index is 3070. The van der Waals surface area contributed by atoms with E-state index in [4.69, 9.17) is 0 Å². The van der Waals surface area contributed by atoms with E-state index in [1.165, 1.54) is 90.2 Å². The molecule has 0 bridgehead atoms. The molecule has 0 aliphatic heterocycles. The fourth-order valence-corrected chi connectivity index (χ4v) is 10.9. The maximum Gasteiger partial charge on any atom is 0.0546 e. The Morgan fingerprint density at radius 3 is 1.79 bits per heavy atom. The molecule has 1 nitrogen and oxygen atoms in total. The molecule has 3 heteroatoms. The van der Waals surface area contributed by atoms with Crippen molar-refractivity contribution in [2.45, 2.75) is 19.3 Å². The van der Waals surface area contributed by atoms with Gasteiger partial charge in [-0.25, -0.2) is 0 Å². The summed E-state index contributed by atoms with van der Waals surface area (Å²) in [6.45, 7) is 4.74. The maximum absolute atomic E-state index is 2.52. The standard InChI is InChI=1S/C49H33NS2/c1-49(2)41-16-8-5-13-35(41)36-23-21-33(29-42(36)49)50(32-22-26-47-40(28-32)38-15-7-10-18-45(38)52-47)43-24-19-30-11-3-4-12-34(30)48(43)31-20-25-46-39(27-31)37-14-6-9-17-44(37)51-46/h3-29H,1-2H3. The highest BCUT2D eigenvalue weighted by atomic mass is 32.1. The fraction of sp³-hybridized carbons (Fsp3) is 0.0612. The summed E-state index contributed by atoms with van der Waals surface area (Å²) < 4.78 is 5.27. The van der Waals surface area contributed by atoms with Gasteiger partial charge in [-0.2, -0.15) is 0 Å². The third-order valence-corrected chi connectivity index (χ3v) is 13.6. The Hall–Kier alpha value is -5.74. The average molecular weight is 700 g/mol. The second-order valence-corrected chi connectivity index (χ2v) is 16.7. The van der Waals surface area contributed by atoms with Gasteiger partial charge in [0, 0.05) is 62.7 Å². The zero-order valence-electron chi connectivity index (χ0n) is 28.9. The molecule has 246 valence electrons. The van der Waals surface area contributed by atoms with E-state index in [2.05, 4.69) is 183 Å². The van der Waals surface area contributed by atoms with Crippen molar-refractivity contribution in [1.29, 1.82) is 0 Å². The first-order chi connectivity index (χ1) is 25.5. The van der Waals surface area contributed by atoms with Crippen molar-refractivity contribution in [1.82, 2.24) is 0 Å². The van der Waals surface area contributed by atoms with E-state index in [0.717, 1.165) is 11.4 Å². The molecular weight excluding hydrogens is 667 g/mol. The monoisotopic (exact) mass is 699 g/mol. The lowest BCUT2D eigenvalue weighted by Gasteiger charge is -2.30. The highest BCUT2D eigenvalue weighted by Crippen LogP contribution is 2.52. The van der Waals surface area contributed by atoms with Crippen molar-refractivity contribution in [2.24, 2.45) is 0 Å². The van der Waals surface area contributed by atoms with Gasteiger partial charge >= 0.3 is 0 Å². The molecule has 10 aromatic rings. The smallest absolute Gasteiger partial charge is 0.0546 e. The normalized spacial score (nSPS) is 13.3. The molecule has 2 aromatic heterocycles. The molecule has 0 spiro atoms. The third kappa shape index (κ3) is 4.33.